The second-order valence-corrected chi connectivity index (χ2v) is 10.4. The van der Waals surface area contributed by atoms with Crippen LogP contribution in [0.15, 0.2) is 42.7 Å². The Kier molecular flexibility index (Phi) is 5.91. The van der Waals surface area contributed by atoms with Crippen LogP contribution in [0.25, 0.3) is 10.4 Å². The van der Waals surface area contributed by atoms with E-state index >= 15 is 0 Å². The van der Waals surface area contributed by atoms with Gasteiger partial charge in [0.2, 0.25) is 5.95 Å². The van der Waals surface area contributed by atoms with Crippen molar-refractivity contribution in [3.05, 3.63) is 53.4 Å². The first kappa shape index (κ1) is 24.4. The summed E-state index contributed by atoms with van der Waals surface area (Å²) in [6, 6.07) is 7.57. The number of halogens is 3. The number of nitrogens with zero attached hydrogens (tertiary/aromatic N) is 4. The van der Waals surface area contributed by atoms with Crippen LogP contribution in [0.5, 0.6) is 0 Å². The Hall–Kier alpha value is -3.25. The Morgan fingerprint density at radius 1 is 1.31 bits per heavy atom. The minimum atomic E-state index is -4.57. The molecule has 1 aromatic carbocycles. The van der Waals surface area contributed by atoms with Gasteiger partial charge in [0.15, 0.2) is 0 Å². The first-order chi connectivity index (χ1) is 17.0. The third-order valence-electron chi connectivity index (χ3n) is 7.13. The number of amides is 1. The number of fused-ring (bicyclic) bond motifs is 2. The standard InChI is InChI=1S/C24H24F3N5O3S/c1-2-22-8-6-16(32(22)21(33)34)11-23(35,13-22)19-29-12-17(36-19)14-4-3-5-15(10-14)30-20-28-9-7-18(31-20)24(25,26)27/h3-5,7,9-10,12,16,35H,2,6,8,11,13H2,1H3,(H,33,34)(H,28,30,31)/t16-,22+,23?/m0/s1. The quantitative estimate of drug-likeness (QED) is 0.400. The molecule has 0 aliphatic carbocycles. The maximum atomic E-state index is 13.0. The molecule has 1 unspecified atom stereocenters. The molecule has 2 bridgehead atoms. The van der Waals surface area contributed by atoms with E-state index in [-0.39, 0.29) is 12.0 Å². The van der Waals surface area contributed by atoms with Gasteiger partial charge in [-0.3, -0.25) is 4.90 Å². The zero-order chi connectivity index (χ0) is 25.7. The average Bonchev–Trinajstić information content (AvgIpc) is 3.42. The first-order valence-electron chi connectivity index (χ1n) is 11.5. The number of piperidine rings is 1. The van der Waals surface area contributed by atoms with Gasteiger partial charge in [0.25, 0.3) is 0 Å². The van der Waals surface area contributed by atoms with Crippen molar-refractivity contribution >= 4 is 29.1 Å². The van der Waals surface area contributed by atoms with Crippen molar-refractivity contribution < 1.29 is 28.2 Å². The van der Waals surface area contributed by atoms with Crippen molar-refractivity contribution in [2.24, 2.45) is 0 Å². The number of aliphatic hydroxyl groups is 1. The Balaban J connectivity index is 1.38. The van der Waals surface area contributed by atoms with Gasteiger partial charge < -0.3 is 15.5 Å². The zero-order valence-electron chi connectivity index (χ0n) is 19.3. The molecular formula is C24H24F3N5O3S. The van der Waals surface area contributed by atoms with E-state index in [0.717, 1.165) is 22.7 Å². The van der Waals surface area contributed by atoms with Gasteiger partial charge in [-0.1, -0.05) is 19.1 Å². The number of carboxylic acid groups (broad SMARTS) is 1. The summed E-state index contributed by atoms with van der Waals surface area (Å²) in [6.07, 6.45) is -0.193. The maximum absolute atomic E-state index is 13.0. The van der Waals surface area contributed by atoms with Gasteiger partial charge in [0.1, 0.15) is 16.3 Å². The first-order valence-corrected chi connectivity index (χ1v) is 12.3. The Morgan fingerprint density at radius 3 is 2.83 bits per heavy atom. The lowest BCUT2D eigenvalue weighted by atomic mass is 9.77. The highest BCUT2D eigenvalue weighted by molar-refractivity contribution is 7.15. The Morgan fingerprint density at radius 2 is 2.11 bits per heavy atom. The van der Waals surface area contributed by atoms with Crippen LogP contribution in [0.2, 0.25) is 0 Å². The fourth-order valence-corrected chi connectivity index (χ4v) is 6.53. The number of benzene rings is 1. The number of aromatic nitrogens is 3. The summed E-state index contributed by atoms with van der Waals surface area (Å²) in [5.74, 6) is -0.174. The van der Waals surface area contributed by atoms with Gasteiger partial charge >= 0.3 is 12.3 Å². The minimum Gasteiger partial charge on any atom is -0.465 e. The normalized spacial score (nSPS) is 25.7. The summed E-state index contributed by atoms with van der Waals surface area (Å²) < 4.78 is 38.9. The van der Waals surface area contributed by atoms with Crippen LogP contribution in [0.4, 0.5) is 29.6 Å². The topological polar surface area (TPSA) is 111 Å². The lowest BCUT2D eigenvalue weighted by molar-refractivity contribution is -0.141. The fourth-order valence-electron chi connectivity index (χ4n) is 5.52. The summed E-state index contributed by atoms with van der Waals surface area (Å²) in [4.78, 5) is 26.1. The van der Waals surface area contributed by atoms with E-state index in [4.69, 9.17) is 0 Å². The Labute approximate surface area is 208 Å². The molecule has 190 valence electrons. The highest BCUT2D eigenvalue weighted by Gasteiger charge is 2.58. The van der Waals surface area contributed by atoms with E-state index in [9.17, 15) is 28.2 Å². The number of rotatable bonds is 5. The van der Waals surface area contributed by atoms with Crippen LogP contribution in [0.1, 0.15) is 49.7 Å². The molecule has 1 amide bonds. The third kappa shape index (κ3) is 4.28. The van der Waals surface area contributed by atoms with Gasteiger partial charge in [0, 0.05) is 42.5 Å². The van der Waals surface area contributed by atoms with Crippen molar-refractivity contribution in [1.82, 2.24) is 19.9 Å². The lowest BCUT2D eigenvalue weighted by Gasteiger charge is -2.49. The predicted molar refractivity (Wildman–Crippen MR) is 127 cm³/mol. The molecule has 2 saturated heterocycles. The molecule has 0 spiro atoms. The van der Waals surface area contributed by atoms with E-state index in [0.29, 0.717) is 42.8 Å². The number of carbonyl (C=O) groups is 1. The second-order valence-electron chi connectivity index (χ2n) is 9.33. The molecule has 12 heteroatoms. The molecule has 2 aromatic heterocycles. The van der Waals surface area contributed by atoms with Gasteiger partial charge in [0.05, 0.1) is 4.88 Å². The summed E-state index contributed by atoms with van der Waals surface area (Å²) in [6.45, 7) is 1.95. The van der Waals surface area contributed by atoms with Crippen molar-refractivity contribution in [3.8, 4) is 10.4 Å². The number of alkyl halides is 3. The molecule has 4 heterocycles. The van der Waals surface area contributed by atoms with Crippen LogP contribution in [0.3, 0.4) is 0 Å². The molecule has 0 radical (unpaired) electrons. The van der Waals surface area contributed by atoms with Gasteiger partial charge in [-0.25, -0.2) is 19.7 Å². The molecule has 8 nitrogen and oxygen atoms in total. The van der Waals surface area contributed by atoms with E-state index in [2.05, 4.69) is 20.3 Å². The van der Waals surface area contributed by atoms with Crippen molar-refractivity contribution in [2.45, 2.75) is 62.4 Å². The van der Waals surface area contributed by atoms with E-state index in [1.54, 1.807) is 24.4 Å². The molecule has 5 rings (SSSR count). The number of thiazole rings is 1. The third-order valence-corrected chi connectivity index (χ3v) is 8.37. The predicted octanol–water partition coefficient (Wildman–Crippen LogP) is 5.64. The van der Waals surface area contributed by atoms with Crippen molar-refractivity contribution in [3.63, 3.8) is 0 Å². The van der Waals surface area contributed by atoms with Gasteiger partial charge in [-0.15, -0.1) is 11.3 Å². The van der Waals surface area contributed by atoms with E-state index < -0.39 is 29.1 Å². The molecule has 2 aliphatic rings. The minimum absolute atomic E-state index is 0.174. The largest absolute Gasteiger partial charge is 0.465 e. The molecule has 3 N–H and O–H groups in total. The Bertz CT molecular complexity index is 1300. The van der Waals surface area contributed by atoms with Crippen molar-refractivity contribution in [1.29, 1.82) is 0 Å². The number of hydrogen-bond donors (Lipinski definition) is 3. The molecule has 2 aliphatic heterocycles. The molecule has 3 atom stereocenters. The fraction of sp³-hybridized carbons (Fsp3) is 0.417. The summed E-state index contributed by atoms with van der Waals surface area (Å²) >= 11 is 1.33. The number of anilines is 2. The average molecular weight is 520 g/mol. The van der Waals surface area contributed by atoms with Crippen LogP contribution in [-0.2, 0) is 11.8 Å². The number of hydrogen-bond acceptors (Lipinski definition) is 7. The zero-order valence-corrected chi connectivity index (χ0v) is 20.1. The molecule has 3 aromatic rings. The molecule has 2 fully saturated rings. The van der Waals surface area contributed by atoms with Crippen LogP contribution < -0.4 is 5.32 Å². The maximum Gasteiger partial charge on any atom is 0.433 e. The summed E-state index contributed by atoms with van der Waals surface area (Å²) in [5.41, 5.74) is -1.62. The van der Waals surface area contributed by atoms with E-state index in [1.165, 1.54) is 16.2 Å². The van der Waals surface area contributed by atoms with Crippen LogP contribution in [-0.4, -0.2) is 47.7 Å². The molecule has 36 heavy (non-hydrogen) atoms. The smallest absolute Gasteiger partial charge is 0.433 e. The summed E-state index contributed by atoms with van der Waals surface area (Å²) in [7, 11) is 0. The van der Waals surface area contributed by atoms with Gasteiger partial charge in [-0.05, 0) is 43.0 Å². The monoisotopic (exact) mass is 519 g/mol. The van der Waals surface area contributed by atoms with Crippen LogP contribution >= 0.6 is 11.3 Å². The van der Waals surface area contributed by atoms with Crippen molar-refractivity contribution in [2.75, 3.05) is 5.32 Å². The van der Waals surface area contributed by atoms with Crippen LogP contribution in [0, 0.1) is 0 Å². The molecule has 0 saturated carbocycles. The second kappa shape index (κ2) is 8.70. The lowest BCUT2D eigenvalue weighted by Crippen LogP contribution is -2.58. The SMILES string of the molecule is CC[C@@]12CC[C@@H](CC(O)(c3ncc(-c4cccc(Nc5nccc(C(F)(F)F)n5)c4)s3)C1)N2C(=O)O. The van der Waals surface area contributed by atoms with E-state index in [1.807, 2.05) is 13.0 Å². The van der Waals surface area contributed by atoms with Gasteiger partial charge in [-0.2, -0.15) is 13.2 Å². The highest BCUT2D eigenvalue weighted by atomic mass is 32.1. The highest BCUT2D eigenvalue weighted by Crippen LogP contribution is 2.54. The molecular weight excluding hydrogens is 495 g/mol. The summed E-state index contributed by atoms with van der Waals surface area (Å²) in [5, 5.41) is 24.7. The number of nitrogens with one attached hydrogen (secondary N) is 1.